The van der Waals surface area contributed by atoms with Gasteiger partial charge in [0, 0.05) is 23.4 Å². The van der Waals surface area contributed by atoms with Crippen LogP contribution in [-0.4, -0.2) is 46.5 Å². The lowest BCUT2D eigenvalue weighted by Gasteiger charge is -2.62. The first-order valence-electron chi connectivity index (χ1n) is 12.6. The third-order valence-electron chi connectivity index (χ3n) is 9.82. The normalized spacial score (nSPS) is 44.1. The summed E-state index contributed by atoms with van der Waals surface area (Å²) in [4.78, 5) is 27.4. The van der Waals surface area contributed by atoms with E-state index in [0.717, 1.165) is 31.7 Å². The average Bonchev–Trinajstić information content (AvgIpc) is 3.01. The SMILES string of the molecule is CC(OC(=O)NC(C)(C)C)[C@H]1CC[C@H]2[C@@H]3CCN4C(C)C(=O)CC[C@]4(C)[C@H]3CC[C@]12C. The van der Waals surface area contributed by atoms with E-state index in [0.29, 0.717) is 23.5 Å². The van der Waals surface area contributed by atoms with E-state index < -0.39 is 0 Å². The van der Waals surface area contributed by atoms with Gasteiger partial charge in [0.05, 0.1) is 6.04 Å². The number of ketones is 1. The van der Waals surface area contributed by atoms with Crippen LogP contribution >= 0.6 is 0 Å². The van der Waals surface area contributed by atoms with Crippen LogP contribution in [-0.2, 0) is 9.53 Å². The Kier molecular flexibility index (Phi) is 5.76. The minimum atomic E-state index is -0.289. The summed E-state index contributed by atoms with van der Waals surface area (Å²) in [5, 5.41) is 2.95. The van der Waals surface area contributed by atoms with Crippen molar-refractivity contribution in [3.05, 3.63) is 0 Å². The Bertz CT molecular complexity index is 731. The van der Waals surface area contributed by atoms with E-state index in [4.69, 9.17) is 4.74 Å². The maximum atomic E-state index is 12.4. The number of hydrogen-bond donors (Lipinski definition) is 1. The number of amides is 1. The molecule has 0 aromatic heterocycles. The molecule has 5 heteroatoms. The number of Topliss-reactive ketones (excluding diaryl/α,β-unsaturated/α-hetero) is 1. The third kappa shape index (κ3) is 3.83. The predicted molar refractivity (Wildman–Crippen MR) is 123 cm³/mol. The molecular formula is C26H44N2O3. The van der Waals surface area contributed by atoms with Crippen molar-refractivity contribution < 1.29 is 14.3 Å². The highest BCUT2D eigenvalue weighted by molar-refractivity contribution is 5.84. The number of hydrogen-bond acceptors (Lipinski definition) is 4. The Morgan fingerprint density at radius 3 is 2.52 bits per heavy atom. The van der Waals surface area contributed by atoms with Gasteiger partial charge >= 0.3 is 6.09 Å². The molecule has 0 radical (unpaired) electrons. The van der Waals surface area contributed by atoms with Crippen LogP contribution in [0.15, 0.2) is 0 Å². The molecular weight excluding hydrogens is 388 g/mol. The molecule has 4 aliphatic rings. The van der Waals surface area contributed by atoms with Crippen LogP contribution < -0.4 is 5.32 Å². The molecule has 0 bridgehead atoms. The topological polar surface area (TPSA) is 58.6 Å². The summed E-state index contributed by atoms with van der Waals surface area (Å²) in [6.07, 6.45) is 7.49. The van der Waals surface area contributed by atoms with Gasteiger partial charge < -0.3 is 10.1 Å². The summed E-state index contributed by atoms with van der Waals surface area (Å²) in [5.74, 6) is 2.99. The van der Waals surface area contributed by atoms with Gasteiger partial charge in [0.2, 0.25) is 0 Å². The standard InChI is InChI=1S/C26H44N2O3/c1-16-22(29)11-14-26(7)21-10-13-25(6)19(17(2)31-23(30)27-24(3,4)5)8-9-20(25)18(21)12-15-28(16)26/h16-21H,8-15H2,1-7H3,(H,27,30)/t16?,17?,18-,19+,20-,21-,25+,26+/m0/s1. The van der Waals surface area contributed by atoms with Gasteiger partial charge in [0.25, 0.3) is 0 Å². The van der Waals surface area contributed by atoms with Crippen molar-refractivity contribution in [3.8, 4) is 0 Å². The minimum absolute atomic E-state index is 0.0584. The summed E-state index contributed by atoms with van der Waals surface area (Å²) < 4.78 is 5.90. The molecule has 1 amide bonds. The first-order valence-corrected chi connectivity index (χ1v) is 12.6. The van der Waals surface area contributed by atoms with E-state index in [9.17, 15) is 9.59 Å². The number of fused-ring (bicyclic) bond motifs is 5. The number of rotatable bonds is 2. The van der Waals surface area contributed by atoms with Gasteiger partial charge in [-0.05, 0) is 110 Å². The molecule has 2 unspecified atom stereocenters. The number of nitrogens with zero attached hydrogens (tertiary/aromatic N) is 1. The van der Waals surface area contributed by atoms with Gasteiger partial charge in [-0.1, -0.05) is 6.92 Å². The largest absolute Gasteiger partial charge is 0.446 e. The van der Waals surface area contributed by atoms with Crippen LogP contribution in [0.2, 0.25) is 0 Å². The maximum Gasteiger partial charge on any atom is 0.407 e. The van der Waals surface area contributed by atoms with Gasteiger partial charge in [-0.2, -0.15) is 0 Å². The molecule has 5 nitrogen and oxygen atoms in total. The van der Waals surface area contributed by atoms with Crippen LogP contribution in [0.25, 0.3) is 0 Å². The van der Waals surface area contributed by atoms with E-state index in [1.165, 1.54) is 25.7 Å². The van der Waals surface area contributed by atoms with Crippen molar-refractivity contribution in [2.24, 2.45) is 29.1 Å². The van der Waals surface area contributed by atoms with Gasteiger partial charge in [-0.3, -0.25) is 9.69 Å². The summed E-state index contributed by atoms with van der Waals surface area (Å²) in [6, 6.07) is 0.0825. The van der Waals surface area contributed by atoms with Crippen LogP contribution in [0.5, 0.6) is 0 Å². The number of alkyl carbamates (subject to hydrolysis) is 1. The fraction of sp³-hybridized carbons (Fsp3) is 0.923. The Morgan fingerprint density at radius 2 is 1.84 bits per heavy atom. The molecule has 0 aromatic rings. The molecule has 2 saturated carbocycles. The number of piperidine rings is 2. The average molecular weight is 433 g/mol. The second-order valence-corrected chi connectivity index (χ2v) is 12.6. The third-order valence-corrected chi connectivity index (χ3v) is 9.82. The zero-order valence-electron chi connectivity index (χ0n) is 20.8. The molecule has 2 aliphatic heterocycles. The molecule has 0 aromatic carbocycles. The summed E-state index contributed by atoms with van der Waals surface area (Å²) in [6.45, 7) is 16.2. The van der Waals surface area contributed by atoms with Crippen molar-refractivity contribution in [1.82, 2.24) is 10.2 Å². The summed E-state index contributed by atoms with van der Waals surface area (Å²) in [5.41, 5.74) is 0.139. The summed E-state index contributed by atoms with van der Waals surface area (Å²) in [7, 11) is 0. The highest BCUT2D eigenvalue weighted by atomic mass is 16.6. The number of nitrogens with one attached hydrogen (secondary N) is 1. The van der Waals surface area contributed by atoms with E-state index in [1.807, 2.05) is 20.8 Å². The maximum absolute atomic E-state index is 12.4. The quantitative estimate of drug-likeness (QED) is 0.654. The number of carbonyl (C=O) groups excluding carboxylic acids is 2. The molecule has 4 rings (SSSR count). The zero-order valence-corrected chi connectivity index (χ0v) is 20.8. The van der Waals surface area contributed by atoms with Crippen LogP contribution in [0.4, 0.5) is 4.79 Å². The van der Waals surface area contributed by atoms with Crippen LogP contribution in [0, 0.1) is 29.1 Å². The minimum Gasteiger partial charge on any atom is -0.446 e. The molecule has 8 atom stereocenters. The lowest BCUT2D eigenvalue weighted by atomic mass is 9.51. The van der Waals surface area contributed by atoms with Crippen molar-refractivity contribution in [2.75, 3.05) is 6.54 Å². The van der Waals surface area contributed by atoms with Crippen molar-refractivity contribution in [1.29, 1.82) is 0 Å². The predicted octanol–water partition coefficient (Wildman–Crippen LogP) is 5.17. The lowest BCUT2D eigenvalue weighted by Crippen LogP contribution is -2.67. The van der Waals surface area contributed by atoms with Gasteiger partial charge in [0.15, 0.2) is 0 Å². The lowest BCUT2D eigenvalue weighted by molar-refractivity contribution is -0.155. The molecule has 0 spiro atoms. The molecule has 2 saturated heterocycles. The highest BCUT2D eigenvalue weighted by Crippen LogP contribution is 2.64. The van der Waals surface area contributed by atoms with Crippen molar-refractivity contribution >= 4 is 11.9 Å². The fourth-order valence-electron chi connectivity index (χ4n) is 8.34. The van der Waals surface area contributed by atoms with E-state index in [2.05, 4.69) is 37.9 Å². The first-order chi connectivity index (χ1) is 14.4. The Hall–Kier alpha value is -1.10. The smallest absolute Gasteiger partial charge is 0.407 e. The van der Waals surface area contributed by atoms with Crippen molar-refractivity contribution in [3.63, 3.8) is 0 Å². The monoisotopic (exact) mass is 432 g/mol. The second kappa shape index (κ2) is 7.74. The molecule has 31 heavy (non-hydrogen) atoms. The van der Waals surface area contributed by atoms with E-state index >= 15 is 0 Å². The number of carbonyl (C=O) groups is 2. The van der Waals surface area contributed by atoms with Crippen LogP contribution in [0.3, 0.4) is 0 Å². The Balaban J connectivity index is 1.49. The molecule has 1 N–H and O–H groups in total. The van der Waals surface area contributed by atoms with Gasteiger partial charge in [0.1, 0.15) is 11.9 Å². The van der Waals surface area contributed by atoms with E-state index in [1.54, 1.807) is 0 Å². The summed E-state index contributed by atoms with van der Waals surface area (Å²) >= 11 is 0. The van der Waals surface area contributed by atoms with E-state index in [-0.39, 0.29) is 34.7 Å². The Labute approximate surface area is 189 Å². The van der Waals surface area contributed by atoms with Crippen molar-refractivity contribution in [2.45, 2.75) is 117 Å². The molecule has 2 aliphatic carbocycles. The first kappa shape index (κ1) is 23.1. The molecule has 4 fully saturated rings. The Morgan fingerprint density at radius 1 is 1.13 bits per heavy atom. The second-order valence-electron chi connectivity index (χ2n) is 12.6. The zero-order chi connectivity index (χ0) is 22.8. The fourth-order valence-corrected chi connectivity index (χ4v) is 8.34. The van der Waals surface area contributed by atoms with Crippen LogP contribution in [0.1, 0.15) is 93.4 Å². The van der Waals surface area contributed by atoms with Gasteiger partial charge in [-0.15, -0.1) is 0 Å². The van der Waals surface area contributed by atoms with Gasteiger partial charge in [-0.25, -0.2) is 4.79 Å². The molecule has 176 valence electrons. The number of ether oxygens (including phenoxy) is 1. The molecule has 2 heterocycles. The highest BCUT2D eigenvalue weighted by Gasteiger charge is 2.61.